The van der Waals surface area contributed by atoms with Crippen molar-refractivity contribution in [2.75, 3.05) is 13.1 Å². The molecule has 0 spiro atoms. The van der Waals surface area contributed by atoms with Gasteiger partial charge in [-0.3, -0.25) is 9.89 Å². The zero-order valence-corrected chi connectivity index (χ0v) is 16.3. The Morgan fingerprint density at radius 2 is 1.87 bits per heavy atom. The largest absolute Gasteiger partial charge is 0.451 e. The van der Waals surface area contributed by atoms with Crippen LogP contribution < -0.4 is 0 Å². The summed E-state index contributed by atoms with van der Waals surface area (Å²) in [5.74, 6) is -1.52. The number of aromatic amines is 1. The number of piperidine rings is 1. The highest BCUT2D eigenvalue weighted by molar-refractivity contribution is 5.92. The van der Waals surface area contributed by atoms with Crippen LogP contribution in [0.25, 0.3) is 11.1 Å². The number of halogens is 3. The zero-order valence-electron chi connectivity index (χ0n) is 16.3. The molecule has 6 nitrogen and oxygen atoms in total. The van der Waals surface area contributed by atoms with Crippen molar-refractivity contribution in [2.24, 2.45) is 0 Å². The van der Waals surface area contributed by atoms with Crippen LogP contribution in [-0.2, 0) is 6.18 Å². The van der Waals surface area contributed by atoms with Gasteiger partial charge in [0, 0.05) is 36.5 Å². The third kappa shape index (κ3) is 4.05. The topological polar surface area (TPSA) is 74.8 Å². The normalized spacial score (nSPS) is 15.4. The fraction of sp³-hybridized carbons (Fsp3) is 0.333. The van der Waals surface area contributed by atoms with Gasteiger partial charge in [-0.1, -0.05) is 30.3 Å². The van der Waals surface area contributed by atoms with E-state index in [1.54, 1.807) is 11.0 Å². The fourth-order valence-corrected chi connectivity index (χ4v) is 3.73. The fourth-order valence-electron chi connectivity index (χ4n) is 3.73. The van der Waals surface area contributed by atoms with E-state index in [-0.39, 0.29) is 11.8 Å². The summed E-state index contributed by atoms with van der Waals surface area (Å²) >= 11 is 0. The van der Waals surface area contributed by atoms with Gasteiger partial charge in [-0.15, -0.1) is 0 Å². The molecule has 156 valence electrons. The van der Waals surface area contributed by atoms with Gasteiger partial charge in [-0.05, 0) is 31.4 Å². The minimum absolute atomic E-state index is 0.181. The first-order valence-corrected chi connectivity index (χ1v) is 9.64. The predicted octanol–water partition coefficient (Wildman–Crippen LogP) is 4.21. The minimum Gasteiger partial charge on any atom is -0.337 e. The quantitative estimate of drug-likeness (QED) is 0.695. The van der Waals surface area contributed by atoms with Gasteiger partial charge in [-0.25, -0.2) is 9.97 Å². The van der Waals surface area contributed by atoms with E-state index in [1.807, 2.05) is 37.3 Å². The van der Waals surface area contributed by atoms with Gasteiger partial charge in [0.15, 0.2) is 0 Å². The number of hydrogen-bond acceptors (Lipinski definition) is 4. The maximum atomic E-state index is 13.2. The number of benzene rings is 1. The average molecular weight is 415 g/mol. The van der Waals surface area contributed by atoms with Crippen LogP contribution in [0.2, 0.25) is 0 Å². The number of amides is 1. The summed E-state index contributed by atoms with van der Waals surface area (Å²) in [6.07, 6.45) is -2.32. The number of rotatable bonds is 3. The summed E-state index contributed by atoms with van der Waals surface area (Å²) in [5.41, 5.74) is 2.88. The SMILES string of the molecule is Cc1cc(C(=O)N2CCC(c3nc(C(F)(F)F)ncc3-c3ccccc3)CC2)n[nH]1. The highest BCUT2D eigenvalue weighted by Crippen LogP contribution is 2.36. The van der Waals surface area contributed by atoms with E-state index in [9.17, 15) is 18.0 Å². The van der Waals surface area contributed by atoms with Gasteiger partial charge in [0.1, 0.15) is 5.69 Å². The van der Waals surface area contributed by atoms with Crippen molar-refractivity contribution in [1.82, 2.24) is 25.1 Å². The molecule has 1 aromatic carbocycles. The molecule has 3 heterocycles. The van der Waals surface area contributed by atoms with Crippen molar-refractivity contribution >= 4 is 5.91 Å². The number of likely N-dealkylation sites (tertiary alicyclic amines) is 1. The smallest absolute Gasteiger partial charge is 0.337 e. The molecule has 0 unspecified atom stereocenters. The molecule has 1 aliphatic rings. The molecule has 3 aromatic rings. The molecule has 4 rings (SSSR count). The molecule has 1 amide bonds. The average Bonchev–Trinajstić information content (AvgIpc) is 3.19. The van der Waals surface area contributed by atoms with Crippen molar-refractivity contribution in [3.8, 4) is 11.1 Å². The molecule has 1 fully saturated rings. The molecule has 9 heteroatoms. The molecule has 2 aromatic heterocycles. The van der Waals surface area contributed by atoms with E-state index in [4.69, 9.17) is 0 Å². The summed E-state index contributed by atoms with van der Waals surface area (Å²) in [6, 6.07) is 10.8. The summed E-state index contributed by atoms with van der Waals surface area (Å²) in [4.78, 5) is 21.8. The maximum absolute atomic E-state index is 13.2. The Bertz CT molecular complexity index is 1040. The molecule has 0 saturated carbocycles. The predicted molar refractivity (Wildman–Crippen MR) is 104 cm³/mol. The van der Waals surface area contributed by atoms with E-state index in [0.29, 0.717) is 42.9 Å². The molecule has 1 N–H and O–H groups in total. The lowest BCUT2D eigenvalue weighted by Gasteiger charge is -2.32. The summed E-state index contributed by atoms with van der Waals surface area (Å²) in [5, 5.41) is 6.75. The first kappa shape index (κ1) is 20.1. The maximum Gasteiger partial charge on any atom is 0.451 e. The monoisotopic (exact) mass is 415 g/mol. The number of carbonyl (C=O) groups is 1. The van der Waals surface area contributed by atoms with Gasteiger partial charge in [0.2, 0.25) is 5.82 Å². The standard InChI is InChI=1S/C21H20F3N5O/c1-13-11-17(28-27-13)19(30)29-9-7-15(8-10-29)18-16(14-5-3-2-4-6-14)12-25-20(26-18)21(22,23)24/h2-6,11-12,15H,7-10H2,1H3,(H,27,28). The zero-order chi connectivity index (χ0) is 21.3. The highest BCUT2D eigenvalue weighted by Gasteiger charge is 2.36. The Morgan fingerprint density at radius 1 is 1.17 bits per heavy atom. The number of alkyl halides is 3. The summed E-state index contributed by atoms with van der Waals surface area (Å²) < 4.78 is 39.7. The number of H-pyrrole nitrogens is 1. The molecule has 0 radical (unpaired) electrons. The lowest BCUT2D eigenvalue weighted by Crippen LogP contribution is -2.38. The van der Waals surface area contributed by atoms with E-state index < -0.39 is 12.0 Å². The first-order valence-electron chi connectivity index (χ1n) is 9.64. The number of aromatic nitrogens is 4. The minimum atomic E-state index is -4.61. The van der Waals surface area contributed by atoms with Crippen molar-refractivity contribution in [1.29, 1.82) is 0 Å². The third-order valence-corrected chi connectivity index (χ3v) is 5.25. The number of nitrogens with one attached hydrogen (secondary N) is 1. The van der Waals surface area contributed by atoms with Crippen molar-refractivity contribution in [2.45, 2.75) is 31.9 Å². The molecule has 0 bridgehead atoms. The Labute approximate surface area is 171 Å². The number of carbonyl (C=O) groups excluding carboxylic acids is 1. The second kappa shape index (κ2) is 7.89. The number of hydrogen-bond donors (Lipinski definition) is 1. The second-order valence-corrected chi connectivity index (χ2v) is 7.36. The van der Waals surface area contributed by atoms with E-state index in [0.717, 1.165) is 11.3 Å². The summed E-state index contributed by atoms with van der Waals surface area (Å²) in [6.45, 7) is 2.67. The molecule has 0 atom stereocenters. The highest BCUT2D eigenvalue weighted by atomic mass is 19.4. The molecule has 1 aliphatic heterocycles. The van der Waals surface area contributed by atoms with Crippen molar-refractivity contribution < 1.29 is 18.0 Å². The van der Waals surface area contributed by atoms with E-state index in [2.05, 4.69) is 20.2 Å². The van der Waals surface area contributed by atoms with Gasteiger partial charge >= 0.3 is 6.18 Å². The van der Waals surface area contributed by atoms with Crippen LogP contribution >= 0.6 is 0 Å². The Hall–Kier alpha value is -3.23. The second-order valence-electron chi connectivity index (χ2n) is 7.36. The van der Waals surface area contributed by atoms with Gasteiger partial charge in [-0.2, -0.15) is 18.3 Å². The van der Waals surface area contributed by atoms with Crippen molar-refractivity contribution in [3.05, 3.63) is 65.5 Å². The van der Waals surface area contributed by atoms with Crippen LogP contribution in [0.15, 0.2) is 42.6 Å². The lowest BCUT2D eigenvalue weighted by atomic mass is 9.88. The van der Waals surface area contributed by atoms with Gasteiger partial charge in [0.25, 0.3) is 5.91 Å². The number of aryl methyl sites for hydroxylation is 1. The van der Waals surface area contributed by atoms with E-state index in [1.165, 1.54) is 6.20 Å². The van der Waals surface area contributed by atoms with Crippen LogP contribution in [0, 0.1) is 6.92 Å². The summed E-state index contributed by atoms with van der Waals surface area (Å²) in [7, 11) is 0. The molecule has 1 saturated heterocycles. The number of nitrogens with zero attached hydrogens (tertiary/aromatic N) is 4. The first-order chi connectivity index (χ1) is 14.3. The molecular weight excluding hydrogens is 395 g/mol. The van der Waals surface area contributed by atoms with Crippen LogP contribution in [0.5, 0.6) is 0 Å². The van der Waals surface area contributed by atoms with Crippen LogP contribution in [0.1, 0.15) is 46.5 Å². The molecule has 30 heavy (non-hydrogen) atoms. The third-order valence-electron chi connectivity index (χ3n) is 5.25. The Morgan fingerprint density at radius 3 is 2.47 bits per heavy atom. The Balaban J connectivity index is 1.59. The molecular formula is C21H20F3N5O. The Kier molecular flexibility index (Phi) is 5.27. The van der Waals surface area contributed by atoms with Gasteiger partial charge in [0.05, 0.1) is 5.69 Å². The van der Waals surface area contributed by atoms with Crippen molar-refractivity contribution in [3.63, 3.8) is 0 Å². The van der Waals surface area contributed by atoms with Crippen LogP contribution in [0.4, 0.5) is 13.2 Å². The van der Waals surface area contributed by atoms with Gasteiger partial charge < -0.3 is 4.90 Å². The van der Waals surface area contributed by atoms with Crippen LogP contribution in [-0.4, -0.2) is 44.1 Å². The lowest BCUT2D eigenvalue weighted by molar-refractivity contribution is -0.145. The van der Waals surface area contributed by atoms with E-state index >= 15 is 0 Å². The van der Waals surface area contributed by atoms with Crippen LogP contribution in [0.3, 0.4) is 0 Å². The molecule has 0 aliphatic carbocycles.